The number of nitrogen functional groups attached to an aromatic ring is 1. The molecule has 29 heavy (non-hydrogen) atoms. The molecular formula is C21H33BN2O5. The molecule has 160 valence electrons. The lowest BCUT2D eigenvalue weighted by atomic mass is 9.77. The lowest BCUT2D eigenvalue weighted by Crippen LogP contribution is -2.41. The van der Waals surface area contributed by atoms with Crippen molar-refractivity contribution in [1.29, 1.82) is 0 Å². The second-order valence-electron chi connectivity index (χ2n) is 9.28. The van der Waals surface area contributed by atoms with Gasteiger partial charge in [-0.15, -0.1) is 0 Å². The summed E-state index contributed by atoms with van der Waals surface area (Å²) >= 11 is 0. The number of benzene rings is 1. The van der Waals surface area contributed by atoms with Gasteiger partial charge in [0, 0.05) is 17.8 Å². The molecule has 1 fully saturated rings. The van der Waals surface area contributed by atoms with Crippen LogP contribution in [0.2, 0.25) is 0 Å². The maximum absolute atomic E-state index is 12.1. The highest BCUT2D eigenvalue weighted by Crippen LogP contribution is 2.38. The van der Waals surface area contributed by atoms with Gasteiger partial charge < -0.3 is 30.2 Å². The first-order chi connectivity index (χ1) is 13.2. The summed E-state index contributed by atoms with van der Waals surface area (Å²) < 4.78 is 17.6. The number of carbonyl (C=O) groups is 1. The predicted octanol–water partition coefficient (Wildman–Crippen LogP) is 3.30. The molecule has 1 saturated heterocycles. The van der Waals surface area contributed by atoms with Gasteiger partial charge in [0.05, 0.1) is 17.8 Å². The highest BCUT2D eigenvalue weighted by atomic mass is 16.7. The van der Waals surface area contributed by atoms with E-state index in [-0.39, 0.29) is 13.2 Å². The molecule has 0 saturated carbocycles. The predicted molar refractivity (Wildman–Crippen MR) is 115 cm³/mol. The average Bonchev–Trinajstić information content (AvgIpc) is 2.79. The molecule has 1 aromatic rings. The van der Waals surface area contributed by atoms with Crippen molar-refractivity contribution in [2.45, 2.75) is 71.9 Å². The molecule has 7 nitrogen and oxygen atoms in total. The summed E-state index contributed by atoms with van der Waals surface area (Å²) in [6.07, 6.45) is 1.35. The van der Waals surface area contributed by atoms with Crippen LogP contribution >= 0.6 is 0 Å². The molecule has 0 atom stereocenters. The number of ether oxygens (including phenoxy) is 1. The maximum atomic E-state index is 12.1. The number of hydrogen-bond acceptors (Lipinski definition) is 6. The number of alkyl carbamates (subject to hydrolysis) is 1. The van der Waals surface area contributed by atoms with Gasteiger partial charge in [0.1, 0.15) is 5.60 Å². The minimum absolute atomic E-state index is 0.157. The van der Waals surface area contributed by atoms with Crippen LogP contribution in [0.4, 0.5) is 10.5 Å². The van der Waals surface area contributed by atoms with E-state index in [2.05, 4.69) is 5.32 Å². The van der Waals surface area contributed by atoms with Gasteiger partial charge in [0.25, 0.3) is 0 Å². The van der Waals surface area contributed by atoms with E-state index >= 15 is 0 Å². The van der Waals surface area contributed by atoms with E-state index in [4.69, 9.17) is 19.8 Å². The van der Waals surface area contributed by atoms with Crippen LogP contribution in [0.5, 0.6) is 0 Å². The Balaban J connectivity index is 2.30. The van der Waals surface area contributed by atoms with Crippen molar-refractivity contribution in [2.75, 3.05) is 12.3 Å². The number of amides is 1. The van der Waals surface area contributed by atoms with Crippen molar-refractivity contribution >= 4 is 25.0 Å². The summed E-state index contributed by atoms with van der Waals surface area (Å²) in [7, 11) is -0.634. The second kappa shape index (κ2) is 8.38. The van der Waals surface area contributed by atoms with Crippen molar-refractivity contribution in [3.8, 4) is 0 Å². The van der Waals surface area contributed by atoms with Crippen LogP contribution in [0.3, 0.4) is 0 Å². The summed E-state index contributed by atoms with van der Waals surface area (Å²) in [5.74, 6) is 0. The molecule has 1 amide bonds. The molecule has 0 bridgehead atoms. The zero-order valence-electron chi connectivity index (χ0n) is 18.5. The van der Waals surface area contributed by atoms with Gasteiger partial charge in [-0.1, -0.05) is 12.1 Å². The van der Waals surface area contributed by atoms with E-state index in [1.165, 1.54) is 0 Å². The first-order valence-electron chi connectivity index (χ1n) is 9.76. The summed E-state index contributed by atoms with van der Waals surface area (Å²) in [6, 6.07) is 5.38. The van der Waals surface area contributed by atoms with Crippen LogP contribution in [0.25, 0.3) is 6.08 Å². The second-order valence-corrected chi connectivity index (χ2v) is 9.28. The molecule has 0 radical (unpaired) electrons. The highest BCUT2D eigenvalue weighted by molar-refractivity contribution is 6.56. The zero-order valence-corrected chi connectivity index (χ0v) is 18.5. The van der Waals surface area contributed by atoms with Crippen LogP contribution in [0, 0.1) is 0 Å². The molecule has 0 unspecified atom stereocenters. The fourth-order valence-corrected chi connectivity index (χ4v) is 2.75. The van der Waals surface area contributed by atoms with Crippen molar-refractivity contribution in [1.82, 2.24) is 5.32 Å². The van der Waals surface area contributed by atoms with Gasteiger partial charge in [0.2, 0.25) is 0 Å². The number of anilines is 1. The Kier molecular flexibility index (Phi) is 6.72. The third-order valence-electron chi connectivity index (χ3n) is 5.08. The van der Waals surface area contributed by atoms with E-state index in [9.17, 15) is 9.90 Å². The summed E-state index contributed by atoms with van der Waals surface area (Å²) in [6.45, 7) is 13.3. The molecule has 0 aliphatic carbocycles. The van der Waals surface area contributed by atoms with Crippen LogP contribution in [0.15, 0.2) is 23.7 Å². The number of hydrogen-bond donors (Lipinski definition) is 3. The largest absolute Gasteiger partial charge is 0.492 e. The van der Waals surface area contributed by atoms with E-state index < -0.39 is 30.0 Å². The summed E-state index contributed by atoms with van der Waals surface area (Å²) in [4.78, 5) is 12.1. The van der Waals surface area contributed by atoms with Gasteiger partial charge in [-0.05, 0) is 71.6 Å². The number of aliphatic hydroxyl groups is 1. The molecule has 8 heteroatoms. The van der Waals surface area contributed by atoms with E-state index in [0.717, 1.165) is 11.0 Å². The van der Waals surface area contributed by atoms with Gasteiger partial charge in [-0.2, -0.15) is 0 Å². The van der Waals surface area contributed by atoms with Crippen molar-refractivity contribution in [3.05, 3.63) is 34.8 Å². The van der Waals surface area contributed by atoms with Crippen LogP contribution in [-0.4, -0.2) is 41.7 Å². The van der Waals surface area contributed by atoms with Gasteiger partial charge in [0.15, 0.2) is 0 Å². The molecule has 1 aromatic carbocycles. The number of aliphatic hydroxyl groups excluding tert-OH is 1. The van der Waals surface area contributed by atoms with Gasteiger partial charge >= 0.3 is 13.2 Å². The van der Waals surface area contributed by atoms with Crippen molar-refractivity contribution in [3.63, 3.8) is 0 Å². The fourth-order valence-electron chi connectivity index (χ4n) is 2.75. The number of carbonyl (C=O) groups excluding carboxylic acids is 1. The normalized spacial score (nSPS) is 18.6. The van der Waals surface area contributed by atoms with E-state index in [1.54, 1.807) is 12.1 Å². The van der Waals surface area contributed by atoms with Crippen molar-refractivity contribution < 1.29 is 23.9 Å². The quantitative estimate of drug-likeness (QED) is 0.514. The SMILES string of the molecule is CC(C)(C)OC(=O)NCC(=Cc1ccc(N)c(CO)c1)B1OC(C)(C)C(C)(C)O1. The van der Waals surface area contributed by atoms with E-state index in [1.807, 2.05) is 60.6 Å². The molecular weight excluding hydrogens is 371 g/mol. The fraction of sp³-hybridized carbons (Fsp3) is 0.571. The lowest BCUT2D eigenvalue weighted by molar-refractivity contribution is 0.00578. The summed E-state index contributed by atoms with van der Waals surface area (Å²) in [5.41, 5.74) is 6.96. The van der Waals surface area contributed by atoms with Gasteiger partial charge in [-0.25, -0.2) is 4.79 Å². The number of nitrogens with one attached hydrogen (secondary N) is 1. The molecule has 0 spiro atoms. The van der Waals surface area contributed by atoms with Crippen LogP contribution in [-0.2, 0) is 20.7 Å². The molecule has 4 N–H and O–H groups in total. The first kappa shape index (κ1) is 23.3. The zero-order chi connectivity index (χ0) is 22.0. The molecule has 1 heterocycles. The summed E-state index contributed by atoms with van der Waals surface area (Å²) in [5, 5.41) is 12.3. The van der Waals surface area contributed by atoms with E-state index in [0.29, 0.717) is 11.3 Å². The monoisotopic (exact) mass is 404 g/mol. The molecule has 1 aliphatic rings. The van der Waals surface area contributed by atoms with Crippen LogP contribution < -0.4 is 11.1 Å². The molecule has 0 aromatic heterocycles. The first-order valence-corrected chi connectivity index (χ1v) is 9.76. The number of nitrogens with two attached hydrogens (primary N) is 1. The molecule has 1 aliphatic heterocycles. The molecule has 2 rings (SSSR count). The topological polar surface area (TPSA) is 103 Å². The average molecular weight is 404 g/mol. The minimum atomic E-state index is -0.634. The lowest BCUT2D eigenvalue weighted by Gasteiger charge is -2.32. The van der Waals surface area contributed by atoms with Crippen LogP contribution in [0.1, 0.15) is 59.6 Å². The standard InChI is InChI=1S/C21H33BN2O5/c1-19(2,3)27-18(26)24-12-16(22-28-20(4,5)21(6,7)29-22)11-14-8-9-17(23)15(10-14)13-25/h8-11,25H,12-13,23H2,1-7H3,(H,24,26). The Bertz CT molecular complexity index is 768. The Morgan fingerprint density at radius 2 is 1.83 bits per heavy atom. The highest BCUT2D eigenvalue weighted by Gasteiger charge is 2.52. The Morgan fingerprint density at radius 3 is 2.34 bits per heavy atom. The maximum Gasteiger partial charge on any atom is 0.492 e. The van der Waals surface area contributed by atoms with Gasteiger partial charge in [-0.3, -0.25) is 0 Å². The number of rotatable bonds is 5. The minimum Gasteiger partial charge on any atom is -0.444 e. The third kappa shape index (κ3) is 5.98. The Hall–Kier alpha value is -2.03. The Morgan fingerprint density at radius 1 is 1.24 bits per heavy atom. The third-order valence-corrected chi connectivity index (χ3v) is 5.08. The Labute approximate surface area is 173 Å². The smallest absolute Gasteiger partial charge is 0.444 e. The van der Waals surface area contributed by atoms with Crippen molar-refractivity contribution in [2.24, 2.45) is 0 Å².